The van der Waals surface area contributed by atoms with Gasteiger partial charge in [0.05, 0.1) is 11.4 Å². The molecule has 0 spiro atoms. The number of alkyl halides is 3. The molecule has 0 saturated heterocycles. The summed E-state index contributed by atoms with van der Waals surface area (Å²) in [4.78, 5) is 13.1. The van der Waals surface area contributed by atoms with E-state index in [-0.39, 0.29) is 11.8 Å². The molecule has 3 aromatic rings. The Balaban J connectivity index is 1.59. The largest absolute Gasteiger partial charge is 0.434 e. The van der Waals surface area contributed by atoms with E-state index in [9.17, 15) is 13.2 Å². The number of nitrogens with zero attached hydrogens (tertiary/aromatic N) is 4. The highest BCUT2D eigenvalue weighted by atomic mass is 19.4. The van der Waals surface area contributed by atoms with E-state index in [1.807, 2.05) is 36.5 Å². The number of aliphatic imine (C=N–C) groups is 1. The maximum absolute atomic E-state index is 13.1. The average molecular weight is 479 g/mol. The number of aromatic nitrogens is 3. The number of allylic oxidation sites excluding steroid dienone is 2. The van der Waals surface area contributed by atoms with E-state index in [1.165, 1.54) is 15.7 Å². The van der Waals surface area contributed by atoms with Crippen LogP contribution in [0.5, 0.6) is 0 Å². The number of aryl methyl sites for hydroxylation is 1. The first-order valence-electron chi connectivity index (χ1n) is 11.6. The van der Waals surface area contributed by atoms with Crippen molar-refractivity contribution in [3.63, 3.8) is 0 Å². The lowest BCUT2D eigenvalue weighted by atomic mass is 9.91. The molecule has 1 unspecified atom stereocenters. The van der Waals surface area contributed by atoms with Gasteiger partial charge in [0.15, 0.2) is 5.69 Å². The van der Waals surface area contributed by atoms with Crippen LogP contribution in [0.15, 0.2) is 77.7 Å². The van der Waals surface area contributed by atoms with Crippen LogP contribution < -0.4 is 0 Å². The molecule has 35 heavy (non-hydrogen) atoms. The smallest absolute Gasteiger partial charge is 0.333 e. The quantitative estimate of drug-likeness (QED) is 0.345. The van der Waals surface area contributed by atoms with Gasteiger partial charge in [-0.3, -0.25) is 9.98 Å². The van der Waals surface area contributed by atoms with E-state index in [4.69, 9.17) is 0 Å². The zero-order valence-electron chi connectivity index (χ0n) is 20.4. The average Bonchev–Trinajstić information content (AvgIpc) is 3.40. The second-order valence-corrected chi connectivity index (χ2v) is 9.30. The summed E-state index contributed by atoms with van der Waals surface area (Å²) in [5.41, 5.74) is 6.34. The van der Waals surface area contributed by atoms with Gasteiger partial charge >= 0.3 is 6.18 Å². The van der Waals surface area contributed by atoms with Crippen molar-refractivity contribution in [1.29, 1.82) is 0 Å². The number of hydrogen-bond acceptors (Lipinski definition) is 3. The third kappa shape index (κ3) is 4.99. The molecular weight excluding hydrogens is 449 g/mol. The van der Waals surface area contributed by atoms with E-state index in [2.05, 4.69) is 48.4 Å². The highest BCUT2D eigenvalue weighted by Crippen LogP contribution is 2.41. The fraction of sp³-hybridized carbons (Fsp3) is 0.321. The molecule has 7 heteroatoms. The van der Waals surface area contributed by atoms with Crippen LogP contribution in [-0.2, 0) is 13.2 Å². The lowest BCUT2D eigenvalue weighted by Gasteiger charge is -2.16. The summed E-state index contributed by atoms with van der Waals surface area (Å²) in [5, 5.41) is 0. The van der Waals surface area contributed by atoms with Crippen molar-refractivity contribution < 1.29 is 13.2 Å². The SMILES string of the molecule is C=CN=C(C1=C(C)CC(c2ccc(-c3nc(C(F)(F)F)cn3C)cc2)C1)c1cccnc1C(C)C. The van der Waals surface area contributed by atoms with Crippen molar-refractivity contribution in [2.45, 2.75) is 51.6 Å². The molecular formula is C28H29F3N4. The molecule has 0 radical (unpaired) electrons. The third-order valence-corrected chi connectivity index (χ3v) is 6.47. The first kappa shape index (κ1) is 24.6. The maximum Gasteiger partial charge on any atom is 0.434 e. The second-order valence-electron chi connectivity index (χ2n) is 9.30. The Bertz CT molecular complexity index is 1290. The van der Waals surface area contributed by atoms with Gasteiger partial charge in [-0.1, -0.05) is 50.3 Å². The molecule has 1 atom stereocenters. The topological polar surface area (TPSA) is 43.1 Å². The van der Waals surface area contributed by atoms with E-state index in [0.29, 0.717) is 11.4 Å². The molecule has 2 aromatic heterocycles. The summed E-state index contributed by atoms with van der Waals surface area (Å²) in [6, 6.07) is 11.7. The Hall–Kier alpha value is -3.48. The molecule has 0 N–H and O–H groups in total. The summed E-state index contributed by atoms with van der Waals surface area (Å²) in [6.07, 6.45) is 1.66. The highest BCUT2D eigenvalue weighted by molar-refractivity contribution is 6.14. The first-order chi connectivity index (χ1) is 16.6. The third-order valence-electron chi connectivity index (χ3n) is 6.47. The van der Waals surface area contributed by atoms with Crippen molar-refractivity contribution in [2.24, 2.45) is 12.0 Å². The standard InChI is InChI=1S/C28H29F3N4/c1-6-32-26(22-8-7-13-33-25(22)17(2)3)23-15-21(14-18(23)4)19-9-11-20(12-10-19)27-34-24(16-35(27)5)28(29,30)31/h6-13,16-17,21H,1,14-15H2,2-5H3. The summed E-state index contributed by atoms with van der Waals surface area (Å²) in [5.74, 6) is 0.819. The molecule has 1 aliphatic carbocycles. The van der Waals surface area contributed by atoms with Crippen LogP contribution in [0.25, 0.3) is 11.4 Å². The summed E-state index contributed by atoms with van der Waals surface area (Å²) in [6.45, 7) is 10.2. The summed E-state index contributed by atoms with van der Waals surface area (Å²) < 4.78 is 40.6. The maximum atomic E-state index is 13.1. The van der Waals surface area contributed by atoms with Gasteiger partial charge < -0.3 is 4.57 Å². The molecule has 1 aliphatic rings. The fourth-order valence-electron chi connectivity index (χ4n) is 4.77. The number of rotatable bonds is 6. The van der Waals surface area contributed by atoms with Crippen LogP contribution in [0.3, 0.4) is 0 Å². The normalized spacial score (nSPS) is 16.9. The van der Waals surface area contributed by atoms with E-state index in [1.54, 1.807) is 13.2 Å². The molecule has 4 rings (SSSR count). The van der Waals surface area contributed by atoms with Crippen LogP contribution in [0, 0.1) is 0 Å². The number of halogens is 3. The molecule has 0 fully saturated rings. The fourth-order valence-corrected chi connectivity index (χ4v) is 4.77. The number of imidazole rings is 1. The lowest BCUT2D eigenvalue weighted by Crippen LogP contribution is -2.11. The predicted molar refractivity (Wildman–Crippen MR) is 133 cm³/mol. The Morgan fingerprint density at radius 1 is 1.17 bits per heavy atom. The number of hydrogen-bond donors (Lipinski definition) is 0. The minimum absolute atomic E-state index is 0.260. The zero-order chi connectivity index (χ0) is 25.3. The van der Waals surface area contributed by atoms with Crippen molar-refractivity contribution in [1.82, 2.24) is 14.5 Å². The molecule has 0 aliphatic heterocycles. The molecule has 182 valence electrons. The first-order valence-corrected chi connectivity index (χ1v) is 11.6. The van der Waals surface area contributed by atoms with E-state index >= 15 is 0 Å². The molecule has 0 amide bonds. The van der Waals surface area contributed by atoms with Crippen molar-refractivity contribution in [3.8, 4) is 11.4 Å². The Morgan fingerprint density at radius 2 is 1.89 bits per heavy atom. The monoisotopic (exact) mass is 478 g/mol. The van der Waals surface area contributed by atoms with Crippen molar-refractivity contribution in [2.75, 3.05) is 0 Å². The number of pyridine rings is 1. The van der Waals surface area contributed by atoms with Crippen LogP contribution in [0.1, 0.15) is 68.0 Å². The predicted octanol–water partition coefficient (Wildman–Crippen LogP) is 7.45. The summed E-state index contributed by atoms with van der Waals surface area (Å²) >= 11 is 0. The van der Waals surface area contributed by atoms with Gasteiger partial charge in [-0.05, 0) is 54.9 Å². The van der Waals surface area contributed by atoms with Gasteiger partial charge in [0.2, 0.25) is 0 Å². The van der Waals surface area contributed by atoms with E-state index in [0.717, 1.165) is 41.6 Å². The molecule has 0 bridgehead atoms. The minimum atomic E-state index is -4.46. The van der Waals surface area contributed by atoms with Crippen molar-refractivity contribution in [3.05, 3.63) is 95.2 Å². The van der Waals surface area contributed by atoms with Gasteiger partial charge in [0.25, 0.3) is 0 Å². The second kappa shape index (κ2) is 9.64. The van der Waals surface area contributed by atoms with Crippen LogP contribution >= 0.6 is 0 Å². The molecule has 4 nitrogen and oxygen atoms in total. The zero-order valence-corrected chi connectivity index (χ0v) is 20.4. The summed E-state index contributed by atoms with van der Waals surface area (Å²) in [7, 11) is 1.58. The van der Waals surface area contributed by atoms with Gasteiger partial charge in [0.1, 0.15) is 5.82 Å². The van der Waals surface area contributed by atoms with Gasteiger partial charge in [-0.2, -0.15) is 13.2 Å². The Kier molecular flexibility index (Phi) is 6.79. The lowest BCUT2D eigenvalue weighted by molar-refractivity contribution is -0.140. The van der Waals surface area contributed by atoms with Crippen molar-refractivity contribution >= 4 is 5.71 Å². The van der Waals surface area contributed by atoms with Crippen LogP contribution in [-0.4, -0.2) is 20.2 Å². The van der Waals surface area contributed by atoms with Crippen LogP contribution in [0.4, 0.5) is 13.2 Å². The van der Waals surface area contributed by atoms with Gasteiger partial charge in [-0.15, -0.1) is 0 Å². The molecule has 0 saturated carbocycles. The van der Waals surface area contributed by atoms with Gasteiger partial charge in [-0.25, -0.2) is 4.98 Å². The van der Waals surface area contributed by atoms with Gasteiger partial charge in [0, 0.05) is 36.8 Å². The van der Waals surface area contributed by atoms with E-state index < -0.39 is 11.9 Å². The highest BCUT2D eigenvalue weighted by Gasteiger charge is 2.34. The molecule has 1 aromatic carbocycles. The Morgan fingerprint density at radius 3 is 2.49 bits per heavy atom. The van der Waals surface area contributed by atoms with Crippen LogP contribution in [0.2, 0.25) is 0 Å². The number of benzene rings is 1. The Labute approximate surface area is 204 Å². The minimum Gasteiger partial charge on any atom is -0.333 e. The molecule has 2 heterocycles.